The highest BCUT2D eigenvalue weighted by Gasteiger charge is 2.09. The van der Waals surface area contributed by atoms with Gasteiger partial charge in [0.2, 0.25) is 5.12 Å². The molecule has 5 heteroatoms. The molecule has 3 aromatic rings. The first kappa shape index (κ1) is 17.9. The number of phenols is 1. The number of rotatable bonds is 4. The summed E-state index contributed by atoms with van der Waals surface area (Å²) in [5, 5.41) is 18.2. The van der Waals surface area contributed by atoms with Crippen molar-refractivity contribution in [2.75, 3.05) is 0 Å². The van der Waals surface area contributed by atoms with Gasteiger partial charge in [0.1, 0.15) is 5.75 Å². The Balaban J connectivity index is 1.78. The number of aromatic hydroxyl groups is 1. The number of azo groups is 1. The van der Waals surface area contributed by atoms with Crippen molar-refractivity contribution in [1.82, 2.24) is 0 Å². The third-order valence-electron chi connectivity index (χ3n) is 3.79. The van der Waals surface area contributed by atoms with Gasteiger partial charge in [-0.1, -0.05) is 30.3 Å². The summed E-state index contributed by atoms with van der Waals surface area (Å²) in [5.74, 6) is 0.273. The molecule has 0 aliphatic rings. The average Bonchev–Trinajstić information content (AvgIpc) is 2.65. The van der Waals surface area contributed by atoms with E-state index in [1.54, 1.807) is 36.4 Å². The summed E-state index contributed by atoms with van der Waals surface area (Å²) in [7, 11) is 0. The molecule has 130 valence electrons. The molecule has 3 aromatic carbocycles. The summed E-state index contributed by atoms with van der Waals surface area (Å²) < 4.78 is 0. The van der Waals surface area contributed by atoms with E-state index in [0.717, 1.165) is 16.0 Å². The van der Waals surface area contributed by atoms with Crippen LogP contribution < -0.4 is 0 Å². The van der Waals surface area contributed by atoms with Crippen LogP contribution in [0.4, 0.5) is 11.4 Å². The van der Waals surface area contributed by atoms with Gasteiger partial charge in [-0.05, 0) is 73.1 Å². The van der Waals surface area contributed by atoms with Crippen LogP contribution in [0, 0.1) is 13.8 Å². The minimum Gasteiger partial charge on any atom is -0.507 e. The van der Waals surface area contributed by atoms with E-state index in [4.69, 9.17) is 0 Å². The summed E-state index contributed by atoms with van der Waals surface area (Å²) in [4.78, 5) is 13.3. The largest absolute Gasteiger partial charge is 0.507 e. The van der Waals surface area contributed by atoms with E-state index < -0.39 is 0 Å². The first-order valence-corrected chi connectivity index (χ1v) is 8.94. The van der Waals surface area contributed by atoms with Crippen LogP contribution >= 0.6 is 11.8 Å². The van der Waals surface area contributed by atoms with Gasteiger partial charge >= 0.3 is 0 Å². The fourth-order valence-electron chi connectivity index (χ4n) is 2.46. The van der Waals surface area contributed by atoms with E-state index in [9.17, 15) is 9.90 Å². The van der Waals surface area contributed by atoms with Gasteiger partial charge in [0.25, 0.3) is 0 Å². The quantitative estimate of drug-likeness (QED) is 0.434. The van der Waals surface area contributed by atoms with Crippen LogP contribution in [-0.2, 0) is 0 Å². The number of phenolic OH excluding ortho intramolecular Hbond substituents is 1. The van der Waals surface area contributed by atoms with Gasteiger partial charge < -0.3 is 5.11 Å². The lowest BCUT2D eigenvalue weighted by Gasteiger charge is -2.04. The van der Waals surface area contributed by atoms with Crippen LogP contribution in [0.25, 0.3) is 0 Å². The smallest absolute Gasteiger partial charge is 0.224 e. The Morgan fingerprint density at radius 3 is 2.19 bits per heavy atom. The molecule has 0 saturated carbocycles. The molecule has 4 nitrogen and oxygen atoms in total. The van der Waals surface area contributed by atoms with Crippen LogP contribution in [0.3, 0.4) is 0 Å². The third kappa shape index (κ3) is 4.37. The van der Waals surface area contributed by atoms with Gasteiger partial charge in [-0.3, -0.25) is 4.79 Å². The molecule has 0 aromatic heterocycles. The first-order valence-electron chi connectivity index (χ1n) is 8.12. The van der Waals surface area contributed by atoms with Crippen LogP contribution in [-0.4, -0.2) is 10.2 Å². The van der Waals surface area contributed by atoms with Gasteiger partial charge in [-0.25, -0.2) is 0 Å². The predicted molar refractivity (Wildman–Crippen MR) is 105 cm³/mol. The number of carbonyl (C=O) groups excluding carboxylic acids is 1. The number of carbonyl (C=O) groups is 1. The lowest BCUT2D eigenvalue weighted by atomic mass is 10.1. The van der Waals surface area contributed by atoms with E-state index in [-0.39, 0.29) is 10.9 Å². The summed E-state index contributed by atoms with van der Waals surface area (Å²) >= 11 is 1.19. The number of thioether (sulfide) groups is 1. The van der Waals surface area contributed by atoms with Crippen molar-refractivity contribution in [3.8, 4) is 5.75 Å². The maximum absolute atomic E-state index is 12.4. The van der Waals surface area contributed by atoms with E-state index in [1.165, 1.54) is 11.8 Å². The second kappa shape index (κ2) is 7.97. The van der Waals surface area contributed by atoms with Gasteiger partial charge in [-0.15, -0.1) is 0 Å². The topological polar surface area (TPSA) is 62.0 Å². The molecular weight excluding hydrogens is 344 g/mol. The Kier molecular flexibility index (Phi) is 5.49. The fraction of sp³-hybridized carbons (Fsp3) is 0.0952. The van der Waals surface area contributed by atoms with Crippen molar-refractivity contribution in [3.63, 3.8) is 0 Å². The molecule has 0 unspecified atom stereocenters. The maximum Gasteiger partial charge on any atom is 0.224 e. The second-order valence-corrected chi connectivity index (χ2v) is 6.93. The summed E-state index contributed by atoms with van der Waals surface area (Å²) in [6, 6.07) is 20.2. The molecule has 0 heterocycles. The van der Waals surface area contributed by atoms with Gasteiger partial charge in [0.05, 0.1) is 11.4 Å². The summed E-state index contributed by atoms with van der Waals surface area (Å²) in [6.45, 7) is 3.64. The Labute approximate surface area is 156 Å². The van der Waals surface area contributed by atoms with Gasteiger partial charge in [0, 0.05) is 10.5 Å². The molecule has 0 radical (unpaired) electrons. The summed E-state index contributed by atoms with van der Waals surface area (Å²) in [5.41, 5.74) is 3.35. The predicted octanol–water partition coefficient (Wildman–Crippen LogP) is 6.36. The molecule has 0 fully saturated rings. The zero-order valence-corrected chi connectivity index (χ0v) is 15.3. The van der Waals surface area contributed by atoms with Crippen LogP contribution in [0.15, 0.2) is 81.9 Å². The lowest BCUT2D eigenvalue weighted by molar-refractivity contribution is 0.108. The SMILES string of the molecule is Cc1cc(N=Nc2cccc(C(=O)Sc3ccccc3)c2)cc(C)c1O. The molecule has 0 atom stereocenters. The monoisotopic (exact) mass is 362 g/mol. The number of hydrogen-bond donors (Lipinski definition) is 1. The minimum atomic E-state index is -0.0374. The minimum absolute atomic E-state index is 0.0374. The maximum atomic E-state index is 12.4. The normalized spacial score (nSPS) is 11.0. The molecule has 26 heavy (non-hydrogen) atoms. The van der Waals surface area contributed by atoms with Crippen molar-refractivity contribution in [3.05, 3.63) is 83.4 Å². The molecule has 0 aliphatic carbocycles. The van der Waals surface area contributed by atoms with Gasteiger partial charge in [-0.2, -0.15) is 10.2 Å². The number of hydrogen-bond acceptors (Lipinski definition) is 5. The zero-order valence-electron chi connectivity index (χ0n) is 14.5. The third-order valence-corrected chi connectivity index (χ3v) is 4.72. The highest BCUT2D eigenvalue weighted by atomic mass is 32.2. The van der Waals surface area contributed by atoms with Crippen molar-refractivity contribution in [2.45, 2.75) is 18.7 Å². The zero-order chi connectivity index (χ0) is 18.5. The van der Waals surface area contributed by atoms with Crippen LogP contribution in [0.1, 0.15) is 21.5 Å². The highest BCUT2D eigenvalue weighted by Crippen LogP contribution is 2.29. The molecule has 1 N–H and O–H groups in total. The Bertz CT molecular complexity index is 946. The second-order valence-electron chi connectivity index (χ2n) is 5.88. The van der Waals surface area contributed by atoms with E-state index >= 15 is 0 Å². The molecule has 0 bridgehead atoms. The standard InChI is InChI=1S/C21H18N2O2S/c1-14-11-18(12-15(2)20(14)24)23-22-17-8-6-7-16(13-17)21(25)26-19-9-4-3-5-10-19/h3-13,24H,1-2H3. The lowest BCUT2D eigenvalue weighted by Crippen LogP contribution is -1.92. The van der Waals surface area contributed by atoms with E-state index in [0.29, 0.717) is 16.9 Å². The number of nitrogens with zero attached hydrogens (tertiary/aromatic N) is 2. The average molecular weight is 362 g/mol. The van der Waals surface area contributed by atoms with Crippen molar-refractivity contribution in [1.29, 1.82) is 0 Å². The van der Waals surface area contributed by atoms with Crippen LogP contribution in [0.5, 0.6) is 5.75 Å². The summed E-state index contributed by atoms with van der Waals surface area (Å²) in [6.07, 6.45) is 0. The van der Waals surface area contributed by atoms with Crippen molar-refractivity contribution < 1.29 is 9.90 Å². The van der Waals surface area contributed by atoms with Crippen molar-refractivity contribution in [2.24, 2.45) is 10.2 Å². The van der Waals surface area contributed by atoms with Crippen molar-refractivity contribution >= 4 is 28.3 Å². The van der Waals surface area contributed by atoms with Crippen LogP contribution in [0.2, 0.25) is 0 Å². The fourth-order valence-corrected chi connectivity index (χ4v) is 3.21. The number of aryl methyl sites for hydroxylation is 2. The first-order chi connectivity index (χ1) is 12.5. The Hall–Kier alpha value is -2.92. The number of benzene rings is 3. The Morgan fingerprint density at radius 2 is 1.50 bits per heavy atom. The molecular formula is C21H18N2O2S. The van der Waals surface area contributed by atoms with E-state index in [1.807, 2.05) is 44.2 Å². The molecule has 3 rings (SSSR count). The molecule has 0 saturated heterocycles. The molecule has 0 spiro atoms. The Morgan fingerprint density at radius 1 is 0.846 bits per heavy atom. The molecule has 0 amide bonds. The molecule has 0 aliphatic heterocycles. The van der Waals surface area contributed by atoms with Gasteiger partial charge in [0.15, 0.2) is 0 Å². The van der Waals surface area contributed by atoms with E-state index in [2.05, 4.69) is 10.2 Å². The highest BCUT2D eigenvalue weighted by molar-refractivity contribution is 8.14.